The number of hydrogen-bond donors (Lipinski definition) is 1. The van der Waals surface area contributed by atoms with Crippen molar-refractivity contribution in [2.45, 2.75) is 89.4 Å². The number of allylic oxidation sites excluding steroid dienone is 1. The molecule has 2 aromatic heterocycles. The molecule has 2 fully saturated rings. The molecule has 4 atom stereocenters. The molecule has 2 aliphatic heterocycles. The quantitative estimate of drug-likeness (QED) is 0.128. The van der Waals surface area contributed by atoms with Crippen molar-refractivity contribution in [2.75, 3.05) is 33.9 Å². The number of ether oxygens (including phenoxy) is 4. The zero-order valence-corrected chi connectivity index (χ0v) is 33.6. The van der Waals surface area contributed by atoms with Crippen molar-refractivity contribution in [2.24, 2.45) is 5.92 Å². The predicted molar refractivity (Wildman–Crippen MR) is 215 cm³/mol. The Bertz CT molecular complexity index is 2080. The number of carbonyl (C=O) groups excluding carboxylic acids is 3. The van der Waals surface area contributed by atoms with Crippen molar-refractivity contribution in [3.63, 3.8) is 0 Å². The van der Waals surface area contributed by atoms with E-state index in [0.29, 0.717) is 42.2 Å². The van der Waals surface area contributed by atoms with Crippen LogP contribution in [0.1, 0.15) is 76.5 Å². The minimum atomic E-state index is -1.17. The highest BCUT2D eigenvalue weighted by Crippen LogP contribution is 2.46. The highest BCUT2D eigenvalue weighted by molar-refractivity contribution is 7.13. The molecule has 4 heterocycles. The lowest BCUT2D eigenvalue weighted by atomic mass is 10.1. The first-order valence-corrected chi connectivity index (χ1v) is 20.5. The second-order valence-corrected chi connectivity index (χ2v) is 15.9. The summed E-state index contributed by atoms with van der Waals surface area (Å²) in [6.07, 6.45) is 7.78. The molecule has 4 aromatic rings. The number of amides is 3. The lowest BCUT2D eigenvalue weighted by Crippen LogP contribution is -2.55. The van der Waals surface area contributed by atoms with E-state index in [2.05, 4.69) is 25.2 Å². The minimum absolute atomic E-state index is 0.163. The summed E-state index contributed by atoms with van der Waals surface area (Å²) in [5.41, 5.74) is 2.10. The van der Waals surface area contributed by atoms with Crippen LogP contribution in [-0.4, -0.2) is 89.3 Å². The Morgan fingerprint density at radius 3 is 2.54 bits per heavy atom. The van der Waals surface area contributed by atoms with E-state index in [1.165, 1.54) is 11.3 Å². The number of aromatic nitrogens is 2. The minimum Gasteiger partial charge on any atom is -0.497 e. The zero-order valence-electron chi connectivity index (χ0n) is 32.8. The predicted octanol–water partition coefficient (Wildman–Crippen LogP) is 7.51. The van der Waals surface area contributed by atoms with Gasteiger partial charge < -0.3 is 34.1 Å². The first kappa shape index (κ1) is 39.1. The van der Waals surface area contributed by atoms with E-state index in [1.54, 1.807) is 26.0 Å². The molecule has 0 unspecified atom stereocenters. The van der Waals surface area contributed by atoms with Gasteiger partial charge in [0.05, 0.1) is 38.6 Å². The maximum Gasteiger partial charge on any atom is 0.332 e. The third kappa shape index (κ3) is 8.33. The summed E-state index contributed by atoms with van der Waals surface area (Å²) in [4.78, 5) is 55.9. The first-order chi connectivity index (χ1) is 27.1. The molecule has 7 rings (SSSR count). The van der Waals surface area contributed by atoms with Gasteiger partial charge in [0.15, 0.2) is 0 Å². The van der Waals surface area contributed by atoms with E-state index >= 15 is 0 Å². The van der Waals surface area contributed by atoms with Crippen LogP contribution in [0.3, 0.4) is 0 Å². The monoisotopic (exact) mass is 781 g/mol. The number of nitrogens with zero attached hydrogens (tertiary/aromatic N) is 4. The lowest BCUT2D eigenvalue weighted by molar-refractivity contribution is -0.149. The Hall–Kier alpha value is -5.17. The molecule has 56 heavy (non-hydrogen) atoms. The van der Waals surface area contributed by atoms with Crippen molar-refractivity contribution in [1.82, 2.24) is 25.1 Å². The molecule has 1 N–H and O–H groups in total. The van der Waals surface area contributed by atoms with Gasteiger partial charge >= 0.3 is 12.0 Å². The molecule has 3 amide bonds. The van der Waals surface area contributed by atoms with Crippen molar-refractivity contribution >= 4 is 40.1 Å². The van der Waals surface area contributed by atoms with Crippen LogP contribution in [0.25, 0.3) is 21.6 Å². The highest BCUT2D eigenvalue weighted by atomic mass is 32.1. The molecule has 1 saturated heterocycles. The second kappa shape index (κ2) is 16.9. The van der Waals surface area contributed by atoms with Gasteiger partial charge in [0, 0.05) is 48.3 Å². The lowest BCUT2D eigenvalue weighted by Gasteiger charge is -2.32. The molecular formula is C43H51N5O7S. The molecular weight excluding hydrogens is 731 g/mol. The summed E-state index contributed by atoms with van der Waals surface area (Å²) in [5.74, 6) is 1.19. The zero-order chi connectivity index (χ0) is 39.4. The third-order valence-electron chi connectivity index (χ3n) is 10.9. The van der Waals surface area contributed by atoms with Gasteiger partial charge in [-0.2, -0.15) is 0 Å². The van der Waals surface area contributed by atoms with Gasteiger partial charge in [-0.05, 0) is 68.4 Å². The molecule has 1 saturated carbocycles. The standard InChI is InChI=1S/C43H51N5O7S/c1-6-54-41(50)43-23-29(43)12-10-8-7-9-11-19-47(24-28-13-15-30(52-4)16-14-28)42(51)48-25-32(21-37(48)39(49)46-43)55-38-22-35(40-45-36(26-56-40)27(2)3)44-34-20-31(53-5)17-18-33(34)38/h10,12-18,20,22,26-27,29,32,37H,6-9,11,19,21,23-25H2,1-5H3,(H,46,49)/b12-10-/t29-,32-,37+,43-/m1/s1. The SMILES string of the molecule is CCOC(=O)[C@@]12C[C@H]1/C=C\CCCCCN(Cc1ccc(OC)cc1)C(=O)N1C[C@H](Oc3cc(-c4nc(C(C)C)cs4)nc4cc(OC)ccc34)C[C@H]1C(=O)N2. The van der Waals surface area contributed by atoms with Gasteiger partial charge in [-0.15, -0.1) is 11.3 Å². The van der Waals surface area contributed by atoms with Crippen LogP contribution in [0, 0.1) is 5.92 Å². The van der Waals surface area contributed by atoms with Gasteiger partial charge in [-0.25, -0.2) is 19.6 Å². The van der Waals surface area contributed by atoms with E-state index in [9.17, 15) is 14.4 Å². The smallest absolute Gasteiger partial charge is 0.332 e. The Balaban J connectivity index is 1.24. The van der Waals surface area contributed by atoms with Crippen LogP contribution in [0.2, 0.25) is 0 Å². The van der Waals surface area contributed by atoms with E-state index in [1.807, 2.05) is 64.9 Å². The number of fused-ring (bicyclic) bond motifs is 3. The fraction of sp³-hybridized carbons (Fsp3) is 0.465. The topological polar surface area (TPSA) is 132 Å². The fourth-order valence-corrected chi connectivity index (χ4v) is 8.53. The molecule has 12 nitrogen and oxygen atoms in total. The summed E-state index contributed by atoms with van der Waals surface area (Å²) in [5, 5.41) is 6.66. The number of urea groups is 1. The second-order valence-electron chi connectivity index (χ2n) is 15.1. The average Bonchev–Trinajstić information content (AvgIpc) is 3.48. The summed E-state index contributed by atoms with van der Waals surface area (Å²) in [6, 6.07) is 14.1. The number of rotatable bonds is 10. The van der Waals surface area contributed by atoms with Crippen LogP contribution < -0.4 is 19.5 Å². The highest BCUT2D eigenvalue weighted by Gasteiger charge is 2.62. The van der Waals surface area contributed by atoms with E-state index in [-0.39, 0.29) is 37.4 Å². The Labute approximate surface area is 332 Å². The Morgan fingerprint density at radius 1 is 1.02 bits per heavy atom. The number of methoxy groups -OCH3 is 2. The number of hydrogen-bond acceptors (Lipinski definition) is 10. The van der Waals surface area contributed by atoms with Crippen LogP contribution in [0.4, 0.5) is 4.79 Å². The Kier molecular flexibility index (Phi) is 11.8. The number of nitrogens with one attached hydrogen (secondary N) is 1. The fourth-order valence-electron chi connectivity index (χ4n) is 7.59. The molecule has 1 aliphatic carbocycles. The molecule has 2 aromatic carbocycles. The Morgan fingerprint density at radius 2 is 1.80 bits per heavy atom. The molecule has 0 bridgehead atoms. The van der Waals surface area contributed by atoms with Crippen molar-refractivity contribution < 1.29 is 33.3 Å². The number of thiazole rings is 1. The summed E-state index contributed by atoms with van der Waals surface area (Å²) < 4.78 is 23.2. The van der Waals surface area contributed by atoms with Crippen LogP contribution in [0.15, 0.2) is 66.1 Å². The summed E-state index contributed by atoms with van der Waals surface area (Å²) in [6.45, 7) is 7.21. The maximum absolute atomic E-state index is 14.8. The largest absolute Gasteiger partial charge is 0.497 e. The van der Waals surface area contributed by atoms with Crippen molar-refractivity contribution in [3.05, 3.63) is 77.3 Å². The van der Waals surface area contributed by atoms with Gasteiger partial charge in [0.2, 0.25) is 5.91 Å². The van der Waals surface area contributed by atoms with Gasteiger partial charge in [-0.1, -0.05) is 44.6 Å². The first-order valence-electron chi connectivity index (χ1n) is 19.6. The number of esters is 1. The van der Waals surface area contributed by atoms with Crippen LogP contribution >= 0.6 is 11.3 Å². The molecule has 296 valence electrons. The summed E-state index contributed by atoms with van der Waals surface area (Å²) in [7, 11) is 3.24. The van der Waals surface area contributed by atoms with E-state index in [0.717, 1.165) is 53.1 Å². The van der Waals surface area contributed by atoms with Crippen LogP contribution in [-0.2, 0) is 20.9 Å². The molecule has 0 spiro atoms. The third-order valence-corrected chi connectivity index (χ3v) is 11.8. The van der Waals surface area contributed by atoms with Crippen molar-refractivity contribution in [3.8, 4) is 28.0 Å². The van der Waals surface area contributed by atoms with Gasteiger partial charge in [0.1, 0.15) is 45.6 Å². The number of carbonyl (C=O) groups is 3. The summed E-state index contributed by atoms with van der Waals surface area (Å²) >= 11 is 1.53. The van der Waals surface area contributed by atoms with Gasteiger partial charge in [0.25, 0.3) is 0 Å². The van der Waals surface area contributed by atoms with Crippen molar-refractivity contribution in [1.29, 1.82) is 0 Å². The van der Waals surface area contributed by atoms with E-state index < -0.39 is 29.6 Å². The van der Waals surface area contributed by atoms with E-state index in [4.69, 9.17) is 28.9 Å². The average molecular weight is 782 g/mol. The number of benzene rings is 2. The molecule has 3 aliphatic rings. The normalized spacial score (nSPS) is 23.4. The van der Waals surface area contributed by atoms with Crippen LogP contribution in [0.5, 0.6) is 17.2 Å². The number of pyridine rings is 1. The molecule has 13 heteroatoms. The maximum atomic E-state index is 14.8. The molecule has 0 radical (unpaired) electrons. The van der Waals surface area contributed by atoms with Gasteiger partial charge in [-0.3, -0.25) is 4.79 Å².